The van der Waals surface area contributed by atoms with E-state index < -0.39 is 0 Å². The van der Waals surface area contributed by atoms with Crippen molar-refractivity contribution in [3.8, 4) is 0 Å². The molecule has 1 atom stereocenters. The predicted octanol–water partition coefficient (Wildman–Crippen LogP) is 1.06. The van der Waals surface area contributed by atoms with Gasteiger partial charge >= 0.3 is 0 Å². The molecule has 1 aromatic heterocycles. The molecular weight excluding hydrogens is 146 g/mol. The van der Waals surface area contributed by atoms with E-state index in [1.54, 1.807) is 30.5 Å². The Hall–Kier alpha value is -0.480. The minimum absolute atomic E-state index is 0.301. The standard InChI is InChI=1S/C3H4N2.C3H9NS/c1-2-5-3-4-1;1-3(4)5-2/h1-3H,(H,4,5);3H,4H2,1-2H3. The summed E-state index contributed by atoms with van der Waals surface area (Å²) in [4.78, 5) is 6.42. The highest BCUT2D eigenvalue weighted by atomic mass is 32.2. The number of hydrogen-bond donors (Lipinski definition) is 2. The molecule has 0 bridgehead atoms. The van der Waals surface area contributed by atoms with Gasteiger partial charge in [0.1, 0.15) is 0 Å². The lowest BCUT2D eigenvalue weighted by Gasteiger charge is -1.92. The first-order valence-electron chi connectivity index (χ1n) is 2.98. The van der Waals surface area contributed by atoms with Crippen LogP contribution in [-0.2, 0) is 0 Å². The minimum atomic E-state index is 0.301. The maximum absolute atomic E-state index is 5.25. The lowest BCUT2D eigenvalue weighted by molar-refractivity contribution is 1.05. The van der Waals surface area contributed by atoms with Crippen LogP contribution in [0.2, 0.25) is 0 Å². The Bertz CT molecular complexity index is 110. The summed E-state index contributed by atoms with van der Waals surface area (Å²) in [6.45, 7) is 1.96. The second-order valence-electron chi connectivity index (χ2n) is 1.70. The smallest absolute Gasteiger partial charge is 0.0919 e. The van der Waals surface area contributed by atoms with Crippen LogP contribution in [-0.4, -0.2) is 21.6 Å². The predicted molar refractivity (Wildman–Crippen MR) is 45.8 cm³/mol. The van der Waals surface area contributed by atoms with Crippen molar-refractivity contribution in [3.05, 3.63) is 18.7 Å². The Morgan fingerprint density at radius 2 is 2.30 bits per heavy atom. The average molecular weight is 159 g/mol. The number of H-pyrrole nitrogens is 1. The van der Waals surface area contributed by atoms with Crippen LogP contribution in [0.15, 0.2) is 18.7 Å². The van der Waals surface area contributed by atoms with Gasteiger partial charge in [-0.2, -0.15) is 0 Å². The Kier molecular flexibility index (Phi) is 6.32. The van der Waals surface area contributed by atoms with Gasteiger partial charge in [-0.25, -0.2) is 4.98 Å². The van der Waals surface area contributed by atoms with Gasteiger partial charge in [0.2, 0.25) is 0 Å². The van der Waals surface area contributed by atoms with Crippen molar-refractivity contribution >= 4 is 11.8 Å². The summed E-state index contributed by atoms with van der Waals surface area (Å²) in [5.41, 5.74) is 5.25. The Morgan fingerprint density at radius 1 is 1.70 bits per heavy atom. The highest BCUT2D eigenvalue weighted by Gasteiger charge is 1.79. The molecular formula is C6H13N3S. The fourth-order valence-electron chi connectivity index (χ4n) is 0.215. The van der Waals surface area contributed by atoms with E-state index in [-0.39, 0.29) is 0 Å². The molecule has 58 valence electrons. The number of thioether (sulfide) groups is 1. The number of hydrogen-bond acceptors (Lipinski definition) is 3. The zero-order valence-electron chi connectivity index (χ0n) is 6.24. The second-order valence-corrected chi connectivity index (χ2v) is 2.92. The number of aromatic amines is 1. The molecule has 0 aliphatic carbocycles. The van der Waals surface area contributed by atoms with E-state index in [2.05, 4.69) is 9.97 Å². The molecule has 0 saturated carbocycles. The Balaban J connectivity index is 0.000000162. The van der Waals surface area contributed by atoms with Crippen molar-refractivity contribution in [1.29, 1.82) is 0 Å². The zero-order chi connectivity index (χ0) is 7.82. The molecule has 4 heteroatoms. The summed E-state index contributed by atoms with van der Waals surface area (Å²) >= 11 is 1.66. The summed E-state index contributed by atoms with van der Waals surface area (Å²) in [6, 6.07) is 0. The first-order chi connectivity index (χ1) is 4.77. The third kappa shape index (κ3) is 7.52. The van der Waals surface area contributed by atoms with Crippen LogP contribution in [0, 0.1) is 0 Å². The van der Waals surface area contributed by atoms with E-state index in [1.165, 1.54) is 0 Å². The van der Waals surface area contributed by atoms with Gasteiger partial charge in [-0.3, -0.25) is 0 Å². The van der Waals surface area contributed by atoms with E-state index in [4.69, 9.17) is 5.73 Å². The molecule has 1 unspecified atom stereocenters. The van der Waals surface area contributed by atoms with Gasteiger partial charge in [0.05, 0.1) is 6.33 Å². The molecule has 0 radical (unpaired) electrons. The van der Waals surface area contributed by atoms with E-state index >= 15 is 0 Å². The lowest BCUT2D eigenvalue weighted by atomic mass is 10.8. The molecule has 0 aliphatic heterocycles. The van der Waals surface area contributed by atoms with Gasteiger partial charge in [0, 0.05) is 17.8 Å². The molecule has 0 aromatic carbocycles. The van der Waals surface area contributed by atoms with E-state index in [9.17, 15) is 0 Å². The highest BCUT2D eigenvalue weighted by molar-refractivity contribution is 7.99. The fraction of sp³-hybridized carbons (Fsp3) is 0.500. The molecule has 0 aliphatic rings. The largest absolute Gasteiger partial charge is 0.351 e. The monoisotopic (exact) mass is 159 g/mol. The van der Waals surface area contributed by atoms with Gasteiger partial charge < -0.3 is 10.7 Å². The average Bonchev–Trinajstić information content (AvgIpc) is 2.43. The van der Waals surface area contributed by atoms with Crippen molar-refractivity contribution < 1.29 is 0 Å². The number of rotatable bonds is 1. The molecule has 0 amide bonds. The Morgan fingerprint density at radius 3 is 2.40 bits per heavy atom. The molecule has 0 saturated heterocycles. The molecule has 10 heavy (non-hydrogen) atoms. The van der Waals surface area contributed by atoms with E-state index in [0.29, 0.717) is 5.37 Å². The molecule has 3 nitrogen and oxygen atoms in total. The number of imidazole rings is 1. The fourth-order valence-corrected chi connectivity index (χ4v) is 0.215. The molecule has 0 spiro atoms. The van der Waals surface area contributed by atoms with E-state index in [0.717, 1.165) is 0 Å². The van der Waals surface area contributed by atoms with Crippen molar-refractivity contribution in [1.82, 2.24) is 9.97 Å². The topological polar surface area (TPSA) is 54.7 Å². The van der Waals surface area contributed by atoms with E-state index in [1.807, 2.05) is 13.2 Å². The van der Waals surface area contributed by atoms with Gasteiger partial charge in [0.15, 0.2) is 0 Å². The molecule has 1 rings (SSSR count). The van der Waals surface area contributed by atoms with Gasteiger partial charge in [0.25, 0.3) is 0 Å². The molecule has 0 fully saturated rings. The van der Waals surface area contributed by atoms with Crippen molar-refractivity contribution in [3.63, 3.8) is 0 Å². The molecule has 1 aromatic rings. The molecule has 3 N–H and O–H groups in total. The van der Waals surface area contributed by atoms with Crippen LogP contribution in [0.1, 0.15) is 6.92 Å². The van der Waals surface area contributed by atoms with Crippen LogP contribution < -0.4 is 5.73 Å². The normalized spacial score (nSPS) is 11.5. The van der Waals surface area contributed by atoms with Crippen molar-refractivity contribution in [2.24, 2.45) is 5.73 Å². The maximum Gasteiger partial charge on any atom is 0.0919 e. The summed E-state index contributed by atoms with van der Waals surface area (Å²) in [7, 11) is 0. The Labute approximate surface area is 65.4 Å². The SMILES string of the molecule is CSC(C)N.c1c[nH]cn1. The number of nitrogens with zero attached hydrogens (tertiary/aromatic N) is 1. The summed E-state index contributed by atoms with van der Waals surface area (Å²) in [6.07, 6.45) is 7.07. The van der Waals surface area contributed by atoms with Crippen LogP contribution in [0.4, 0.5) is 0 Å². The maximum atomic E-state index is 5.25. The van der Waals surface area contributed by atoms with Crippen LogP contribution in [0.3, 0.4) is 0 Å². The number of nitrogens with one attached hydrogen (secondary N) is 1. The summed E-state index contributed by atoms with van der Waals surface area (Å²) in [5.74, 6) is 0. The van der Waals surface area contributed by atoms with Gasteiger partial charge in [-0.05, 0) is 13.2 Å². The zero-order valence-corrected chi connectivity index (χ0v) is 7.06. The van der Waals surface area contributed by atoms with Crippen LogP contribution >= 0.6 is 11.8 Å². The summed E-state index contributed by atoms with van der Waals surface area (Å²) in [5, 5.41) is 0.301. The molecule has 1 heterocycles. The quantitative estimate of drug-likeness (QED) is 0.602. The first kappa shape index (κ1) is 9.52. The number of nitrogens with two attached hydrogens (primary N) is 1. The third-order valence-corrected chi connectivity index (χ3v) is 1.52. The van der Waals surface area contributed by atoms with Crippen LogP contribution in [0.5, 0.6) is 0 Å². The van der Waals surface area contributed by atoms with Crippen molar-refractivity contribution in [2.45, 2.75) is 12.3 Å². The number of aromatic nitrogens is 2. The first-order valence-corrected chi connectivity index (χ1v) is 4.27. The van der Waals surface area contributed by atoms with Gasteiger partial charge in [-0.1, -0.05) is 0 Å². The van der Waals surface area contributed by atoms with Crippen molar-refractivity contribution in [2.75, 3.05) is 6.26 Å². The van der Waals surface area contributed by atoms with Crippen LogP contribution in [0.25, 0.3) is 0 Å². The minimum Gasteiger partial charge on any atom is -0.351 e. The highest BCUT2D eigenvalue weighted by Crippen LogP contribution is 1.93. The summed E-state index contributed by atoms with van der Waals surface area (Å²) < 4.78 is 0. The lowest BCUT2D eigenvalue weighted by Crippen LogP contribution is -2.07. The van der Waals surface area contributed by atoms with Gasteiger partial charge in [-0.15, -0.1) is 11.8 Å². The second kappa shape index (κ2) is 6.64. The third-order valence-electron chi connectivity index (χ3n) is 0.778.